The van der Waals surface area contributed by atoms with Gasteiger partial charge >= 0.3 is 5.97 Å². The second-order valence-electron chi connectivity index (χ2n) is 3.73. The average molecular weight is 237 g/mol. The summed E-state index contributed by atoms with van der Waals surface area (Å²) in [6, 6.07) is 16.4. The molecular formula is C15H11NO2. The first-order valence-corrected chi connectivity index (χ1v) is 5.44. The number of carbonyl (C=O) groups is 1. The van der Waals surface area contributed by atoms with E-state index in [4.69, 9.17) is 10.00 Å². The van der Waals surface area contributed by atoms with Gasteiger partial charge in [-0.25, -0.2) is 4.79 Å². The third-order valence-electron chi connectivity index (χ3n) is 2.64. The van der Waals surface area contributed by atoms with E-state index in [9.17, 15) is 4.79 Å². The topological polar surface area (TPSA) is 50.1 Å². The molecular weight excluding hydrogens is 226 g/mol. The Morgan fingerprint density at radius 3 is 2.67 bits per heavy atom. The van der Waals surface area contributed by atoms with Crippen LogP contribution in [0.1, 0.15) is 15.9 Å². The van der Waals surface area contributed by atoms with Gasteiger partial charge in [0, 0.05) is 0 Å². The molecule has 18 heavy (non-hydrogen) atoms. The lowest BCUT2D eigenvalue weighted by Gasteiger charge is -2.07. The van der Waals surface area contributed by atoms with Gasteiger partial charge in [-0.1, -0.05) is 30.3 Å². The lowest BCUT2D eigenvalue weighted by atomic mass is 9.98. The molecule has 0 unspecified atom stereocenters. The molecule has 0 aliphatic carbocycles. The fourth-order valence-corrected chi connectivity index (χ4v) is 1.78. The predicted octanol–water partition coefficient (Wildman–Crippen LogP) is 3.01. The van der Waals surface area contributed by atoms with Gasteiger partial charge in [-0.3, -0.25) is 0 Å². The normalized spacial score (nSPS) is 9.56. The molecule has 3 nitrogen and oxygen atoms in total. The molecule has 0 spiro atoms. The summed E-state index contributed by atoms with van der Waals surface area (Å²) in [6.45, 7) is 0. The molecule has 0 amide bonds. The first kappa shape index (κ1) is 11.9. The first-order chi connectivity index (χ1) is 8.76. The van der Waals surface area contributed by atoms with Gasteiger partial charge in [-0.05, 0) is 29.3 Å². The molecule has 3 heteroatoms. The zero-order valence-corrected chi connectivity index (χ0v) is 9.88. The Kier molecular flexibility index (Phi) is 3.40. The Balaban J connectivity index is 2.57. The number of nitrogens with zero attached hydrogens (tertiary/aromatic N) is 1. The Hall–Kier alpha value is -2.60. The second kappa shape index (κ2) is 5.15. The highest BCUT2D eigenvalue weighted by atomic mass is 16.5. The van der Waals surface area contributed by atoms with Crippen molar-refractivity contribution in [1.82, 2.24) is 0 Å². The summed E-state index contributed by atoms with van der Waals surface area (Å²) in [5, 5.41) is 8.89. The van der Waals surface area contributed by atoms with Crippen molar-refractivity contribution >= 4 is 5.97 Å². The van der Waals surface area contributed by atoms with Gasteiger partial charge in [0.05, 0.1) is 24.3 Å². The highest BCUT2D eigenvalue weighted by molar-refractivity contribution is 5.97. The number of hydrogen-bond acceptors (Lipinski definition) is 3. The Morgan fingerprint density at radius 2 is 1.94 bits per heavy atom. The van der Waals surface area contributed by atoms with E-state index in [1.54, 1.807) is 30.3 Å². The van der Waals surface area contributed by atoms with Crippen LogP contribution in [-0.2, 0) is 4.74 Å². The molecule has 0 aliphatic heterocycles. The fraction of sp³-hybridized carbons (Fsp3) is 0.0667. The minimum atomic E-state index is -0.382. The number of carbonyl (C=O) groups excluding carboxylic acids is 1. The van der Waals surface area contributed by atoms with Gasteiger partial charge < -0.3 is 4.74 Å². The monoisotopic (exact) mass is 237 g/mol. The van der Waals surface area contributed by atoms with Gasteiger partial charge in [0.15, 0.2) is 0 Å². The zero-order chi connectivity index (χ0) is 13.0. The second-order valence-corrected chi connectivity index (χ2v) is 3.73. The molecule has 0 bridgehead atoms. The van der Waals surface area contributed by atoms with E-state index in [1.807, 2.05) is 18.2 Å². The number of methoxy groups -OCH3 is 1. The van der Waals surface area contributed by atoms with Crippen molar-refractivity contribution in [1.29, 1.82) is 5.26 Å². The standard InChI is InChI=1S/C15H11NO2/c1-18-15(17)14-8-3-2-7-13(14)12-6-4-5-11(9-12)10-16/h2-9H,1H3. The van der Waals surface area contributed by atoms with Gasteiger partial charge in [0.2, 0.25) is 0 Å². The van der Waals surface area contributed by atoms with Crippen LogP contribution in [0.5, 0.6) is 0 Å². The Bertz CT molecular complexity index is 626. The fourth-order valence-electron chi connectivity index (χ4n) is 1.78. The number of nitriles is 1. The number of ether oxygens (including phenoxy) is 1. The van der Waals surface area contributed by atoms with Crippen molar-refractivity contribution in [2.75, 3.05) is 7.11 Å². The minimum Gasteiger partial charge on any atom is -0.465 e. The van der Waals surface area contributed by atoms with Crippen LogP contribution >= 0.6 is 0 Å². The molecule has 0 atom stereocenters. The summed E-state index contributed by atoms with van der Waals surface area (Å²) < 4.78 is 4.75. The van der Waals surface area contributed by atoms with Crippen molar-refractivity contribution in [2.45, 2.75) is 0 Å². The van der Waals surface area contributed by atoms with E-state index < -0.39 is 0 Å². The van der Waals surface area contributed by atoms with Crippen LogP contribution in [0.25, 0.3) is 11.1 Å². The number of benzene rings is 2. The van der Waals surface area contributed by atoms with E-state index in [0.717, 1.165) is 11.1 Å². The van der Waals surface area contributed by atoms with E-state index in [1.165, 1.54) is 7.11 Å². The average Bonchev–Trinajstić information content (AvgIpc) is 2.46. The van der Waals surface area contributed by atoms with Crippen LogP contribution in [-0.4, -0.2) is 13.1 Å². The molecule has 0 heterocycles. The molecule has 0 radical (unpaired) electrons. The summed E-state index contributed by atoms with van der Waals surface area (Å²) in [5.74, 6) is -0.382. The minimum absolute atomic E-state index is 0.382. The molecule has 0 saturated carbocycles. The molecule has 0 aliphatic rings. The number of rotatable bonds is 2. The van der Waals surface area contributed by atoms with E-state index in [2.05, 4.69) is 6.07 Å². The Labute approximate surface area is 105 Å². The lowest BCUT2D eigenvalue weighted by Crippen LogP contribution is -2.03. The summed E-state index contributed by atoms with van der Waals surface area (Å²) in [5.41, 5.74) is 2.65. The van der Waals surface area contributed by atoms with Crippen molar-refractivity contribution in [3.63, 3.8) is 0 Å². The SMILES string of the molecule is COC(=O)c1ccccc1-c1cccc(C#N)c1. The predicted molar refractivity (Wildman–Crippen MR) is 67.9 cm³/mol. The first-order valence-electron chi connectivity index (χ1n) is 5.44. The van der Waals surface area contributed by atoms with Crippen molar-refractivity contribution in [2.24, 2.45) is 0 Å². The molecule has 88 valence electrons. The number of hydrogen-bond donors (Lipinski definition) is 0. The van der Waals surface area contributed by atoms with E-state index in [0.29, 0.717) is 11.1 Å². The Morgan fingerprint density at radius 1 is 1.17 bits per heavy atom. The maximum absolute atomic E-state index is 11.7. The van der Waals surface area contributed by atoms with Crippen LogP contribution < -0.4 is 0 Å². The zero-order valence-electron chi connectivity index (χ0n) is 9.88. The molecule has 0 fully saturated rings. The van der Waals surface area contributed by atoms with Gasteiger partial charge in [0.1, 0.15) is 0 Å². The summed E-state index contributed by atoms with van der Waals surface area (Å²) in [6.07, 6.45) is 0. The summed E-state index contributed by atoms with van der Waals surface area (Å²) >= 11 is 0. The maximum atomic E-state index is 11.7. The van der Waals surface area contributed by atoms with Crippen LogP contribution in [0.4, 0.5) is 0 Å². The molecule has 2 rings (SSSR count). The highest BCUT2D eigenvalue weighted by Gasteiger charge is 2.12. The molecule has 2 aromatic carbocycles. The van der Waals surface area contributed by atoms with Gasteiger partial charge in [0.25, 0.3) is 0 Å². The van der Waals surface area contributed by atoms with Crippen LogP contribution in [0.2, 0.25) is 0 Å². The van der Waals surface area contributed by atoms with Crippen molar-refractivity contribution in [3.8, 4) is 17.2 Å². The van der Waals surface area contributed by atoms with Crippen LogP contribution in [0, 0.1) is 11.3 Å². The largest absolute Gasteiger partial charge is 0.465 e. The van der Waals surface area contributed by atoms with Gasteiger partial charge in [-0.2, -0.15) is 5.26 Å². The highest BCUT2D eigenvalue weighted by Crippen LogP contribution is 2.24. The van der Waals surface area contributed by atoms with Gasteiger partial charge in [-0.15, -0.1) is 0 Å². The summed E-state index contributed by atoms with van der Waals surface area (Å²) in [7, 11) is 1.35. The molecule has 2 aromatic rings. The molecule has 0 saturated heterocycles. The summed E-state index contributed by atoms with van der Waals surface area (Å²) in [4.78, 5) is 11.7. The van der Waals surface area contributed by atoms with Crippen LogP contribution in [0.15, 0.2) is 48.5 Å². The van der Waals surface area contributed by atoms with Crippen molar-refractivity contribution in [3.05, 3.63) is 59.7 Å². The lowest BCUT2D eigenvalue weighted by molar-refractivity contribution is 0.0601. The quantitative estimate of drug-likeness (QED) is 0.754. The third kappa shape index (κ3) is 2.23. The molecule has 0 aromatic heterocycles. The van der Waals surface area contributed by atoms with Crippen molar-refractivity contribution < 1.29 is 9.53 Å². The molecule has 0 N–H and O–H groups in total. The van der Waals surface area contributed by atoms with Crippen LogP contribution in [0.3, 0.4) is 0 Å². The maximum Gasteiger partial charge on any atom is 0.338 e. The third-order valence-corrected chi connectivity index (χ3v) is 2.64. The number of esters is 1. The smallest absolute Gasteiger partial charge is 0.338 e. The van der Waals surface area contributed by atoms with E-state index >= 15 is 0 Å². The van der Waals surface area contributed by atoms with E-state index in [-0.39, 0.29) is 5.97 Å².